The smallest absolute Gasteiger partial charge is 0.258 e. The molecule has 4 nitrogen and oxygen atoms in total. The van der Waals surface area contributed by atoms with Crippen molar-refractivity contribution < 1.29 is 9.53 Å². The molecule has 0 fully saturated rings. The molecule has 114 valence electrons. The van der Waals surface area contributed by atoms with Gasteiger partial charge < -0.3 is 10.1 Å². The van der Waals surface area contributed by atoms with Crippen molar-refractivity contribution in [2.75, 3.05) is 11.9 Å². The number of hydrogen-bond acceptors (Lipinski definition) is 3. The Kier molecular flexibility index (Phi) is 5.75. The van der Waals surface area contributed by atoms with Crippen molar-refractivity contribution >= 4 is 40.5 Å². The predicted octanol–water partition coefficient (Wildman–Crippen LogP) is 3.87. The first-order valence-corrected chi connectivity index (χ1v) is 7.48. The molecule has 0 unspecified atom stereocenters. The van der Waals surface area contributed by atoms with Crippen LogP contribution in [-0.2, 0) is 0 Å². The van der Waals surface area contributed by atoms with Crippen LogP contribution in [0.15, 0.2) is 48.5 Å². The van der Waals surface area contributed by atoms with Gasteiger partial charge in [-0.3, -0.25) is 10.1 Å². The third kappa shape index (κ3) is 4.44. The number of carbonyl (C=O) groups excluding carboxylic acids is 1. The zero-order chi connectivity index (χ0) is 15.9. The van der Waals surface area contributed by atoms with E-state index in [-0.39, 0.29) is 11.0 Å². The summed E-state index contributed by atoms with van der Waals surface area (Å²) in [5.41, 5.74) is 1.10. The molecule has 0 saturated heterocycles. The summed E-state index contributed by atoms with van der Waals surface area (Å²) in [6.07, 6.45) is 0. The molecule has 0 heterocycles. The highest BCUT2D eigenvalue weighted by Crippen LogP contribution is 2.17. The molecule has 6 heteroatoms. The third-order valence-electron chi connectivity index (χ3n) is 2.75. The molecule has 2 aromatic carbocycles. The summed E-state index contributed by atoms with van der Waals surface area (Å²) < 4.78 is 5.41. The summed E-state index contributed by atoms with van der Waals surface area (Å²) in [4.78, 5) is 12.1. The zero-order valence-electron chi connectivity index (χ0n) is 11.9. The van der Waals surface area contributed by atoms with Crippen molar-refractivity contribution in [3.8, 4) is 5.75 Å². The van der Waals surface area contributed by atoms with E-state index < -0.39 is 0 Å². The van der Waals surface area contributed by atoms with Crippen LogP contribution in [0, 0.1) is 0 Å². The van der Waals surface area contributed by atoms with Crippen molar-refractivity contribution in [3.05, 3.63) is 59.1 Å². The molecular weight excluding hydrogens is 320 g/mol. The Labute approximate surface area is 139 Å². The largest absolute Gasteiger partial charge is 0.494 e. The number of ether oxygens (including phenoxy) is 1. The summed E-state index contributed by atoms with van der Waals surface area (Å²) in [6, 6.07) is 14.1. The Morgan fingerprint density at radius 1 is 1.23 bits per heavy atom. The maximum Gasteiger partial charge on any atom is 0.258 e. The second-order valence-electron chi connectivity index (χ2n) is 4.35. The van der Waals surface area contributed by atoms with Crippen LogP contribution < -0.4 is 15.4 Å². The molecule has 2 rings (SSSR count). The van der Waals surface area contributed by atoms with Crippen LogP contribution in [0.4, 0.5) is 5.69 Å². The van der Waals surface area contributed by atoms with Gasteiger partial charge in [-0.15, -0.1) is 0 Å². The van der Waals surface area contributed by atoms with Gasteiger partial charge in [-0.05, 0) is 43.4 Å². The molecule has 0 spiro atoms. The summed E-state index contributed by atoms with van der Waals surface area (Å²) >= 11 is 11.1. The SMILES string of the molecule is CCOc1cccc(NC(=S)NC(=O)c2ccccc2Cl)c1. The van der Waals surface area contributed by atoms with E-state index in [2.05, 4.69) is 10.6 Å². The molecule has 0 aromatic heterocycles. The van der Waals surface area contributed by atoms with Gasteiger partial charge in [0.05, 0.1) is 17.2 Å². The average molecular weight is 335 g/mol. The van der Waals surface area contributed by atoms with Gasteiger partial charge in [0, 0.05) is 11.8 Å². The molecule has 2 N–H and O–H groups in total. The van der Waals surface area contributed by atoms with Gasteiger partial charge >= 0.3 is 0 Å². The fraction of sp³-hybridized carbons (Fsp3) is 0.125. The summed E-state index contributed by atoms with van der Waals surface area (Å²) in [5.74, 6) is 0.372. The van der Waals surface area contributed by atoms with Crippen molar-refractivity contribution in [2.45, 2.75) is 6.92 Å². The first-order valence-electron chi connectivity index (χ1n) is 6.70. The molecule has 0 atom stereocenters. The molecule has 0 aliphatic carbocycles. The number of carbonyl (C=O) groups is 1. The standard InChI is InChI=1S/C16H15ClN2O2S/c1-2-21-12-7-5-6-11(10-12)18-16(22)19-15(20)13-8-3-4-9-14(13)17/h3-10H,2H2,1H3,(H2,18,19,20,22). The van der Waals surface area contributed by atoms with E-state index in [0.717, 1.165) is 11.4 Å². The highest BCUT2D eigenvalue weighted by atomic mass is 35.5. The molecule has 22 heavy (non-hydrogen) atoms. The van der Waals surface area contributed by atoms with Gasteiger partial charge in [-0.25, -0.2) is 0 Å². The van der Waals surface area contributed by atoms with Crippen LogP contribution in [-0.4, -0.2) is 17.6 Å². The number of thiocarbonyl (C=S) groups is 1. The lowest BCUT2D eigenvalue weighted by Crippen LogP contribution is -2.34. The van der Waals surface area contributed by atoms with Gasteiger partial charge in [0.1, 0.15) is 5.75 Å². The van der Waals surface area contributed by atoms with E-state index in [1.165, 1.54) is 0 Å². The maximum atomic E-state index is 12.1. The lowest BCUT2D eigenvalue weighted by atomic mass is 10.2. The number of nitrogens with one attached hydrogen (secondary N) is 2. The Morgan fingerprint density at radius 2 is 2.00 bits per heavy atom. The number of anilines is 1. The average Bonchev–Trinajstić information content (AvgIpc) is 2.48. The third-order valence-corrected chi connectivity index (χ3v) is 3.28. The second-order valence-corrected chi connectivity index (χ2v) is 5.16. The second kappa shape index (κ2) is 7.77. The topological polar surface area (TPSA) is 50.4 Å². The van der Waals surface area contributed by atoms with Gasteiger partial charge in [-0.2, -0.15) is 0 Å². The predicted molar refractivity (Wildman–Crippen MR) is 92.7 cm³/mol. The number of amides is 1. The van der Waals surface area contributed by atoms with Gasteiger partial charge in [0.25, 0.3) is 5.91 Å². The minimum absolute atomic E-state index is 0.193. The molecule has 0 aliphatic heterocycles. The highest BCUT2D eigenvalue weighted by molar-refractivity contribution is 7.80. The monoisotopic (exact) mass is 334 g/mol. The fourth-order valence-corrected chi connectivity index (χ4v) is 2.24. The van der Waals surface area contributed by atoms with Gasteiger partial charge in [0.15, 0.2) is 5.11 Å². The molecule has 0 bridgehead atoms. The Bertz CT molecular complexity index is 691. The van der Waals surface area contributed by atoms with Crippen LogP contribution in [0.1, 0.15) is 17.3 Å². The van der Waals surface area contributed by atoms with Gasteiger partial charge in [-0.1, -0.05) is 29.8 Å². The van der Waals surface area contributed by atoms with Crippen LogP contribution in [0.5, 0.6) is 5.75 Å². The van der Waals surface area contributed by atoms with E-state index in [1.807, 2.05) is 25.1 Å². The van der Waals surface area contributed by atoms with Crippen LogP contribution in [0.25, 0.3) is 0 Å². The Morgan fingerprint density at radius 3 is 2.73 bits per heavy atom. The van der Waals surface area contributed by atoms with E-state index in [1.54, 1.807) is 30.3 Å². The lowest BCUT2D eigenvalue weighted by molar-refractivity contribution is 0.0978. The Balaban J connectivity index is 2.00. The molecule has 2 aromatic rings. The number of rotatable bonds is 4. The van der Waals surface area contributed by atoms with Crippen LogP contribution >= 0.6 is 23.8 Å². The lowest BCUT2D eigenvalue weighted by Gasteiger charge is -2.11. The van der Waals surface area contributed by atoms with Crippen molar-refractivity contribution in [1.29, 1.82) is 0 Å². The van der Waals surface area contributed by atoms with E-state index in [0.29, 0.717) is 17.2 Å². The molecule has 0 radical (unpaired) electrons. The van der Waals surface area contributed by atoms with Gasteiger partial charge in [0.2, 0.25) is 0 Å². The molecule has 0 aliphatic rings. The van der Waals surface area contributed by atoms with Crippen LogP contribution in [0.2, 0.25) is 5.02 Å². The molecule has 1 amide bonds. The van der Waals surface area contributed by atoms with E-state index in [9.17, 15) is 4.79 Å². The normalized spacial score (nSPS) is 9.91. The first-order chi connectivity index (χ1) is 10.6. The van der Waals surface area contributed by atoms with Crippen LogP contribution in [0.3, 0.4) is 0 Å². The first kappa shape index (κ1) is 16.3. The minimum atomic E-state index is -0.357. The maximum absolute atomic E-state index is 12.1. The fourth-order valence-electron chi connectivity index (χ4n) is 1.81. The number of halogens is 1. The van der Waals surface area contributed by atoms with Crippen molar-refractivity contribution in [3.63, 3.8) is 0 Å². The Hall–Kier alpha value is -2.11. The minimum Gasteiger partial charge on any atom is -0.494 e. The van der Waals surface area contributed by atoms with E-state index in [4.69, 9.17) is 28.6 Å². The molecule has 0 saturated carbocycles. The van der Waals surface area contributed by atoms with Crippen molar-refractivity contribution in [1.82, 2.24) is 5.32 Å². The summed E-state index contributed by atoms with van der Waals surface area (Å²) in [6.45, 7) is 2.49. The number of hydrogen-bond donors (Lipinski definition) is 2. The zero-order valence-corrected chi connectivity index (χ0v) is 13.5. The number of benzene rings is 2. The van der Waals surface area contributed by atoms with Crippen molar-refractivity contribution in [2.24, 2.45) is 0 Å². The quantitative estimate of drug-likeness (QED) is 0.833. The molecular formula is C16H15ClN2O2S. The summed E-state index contributed by atoms with van der Waals surface area (Å²) in [7, 11) is 0. The van der Waals surface area contributed by atoms with E-state index >= 15 is 0 Å². The highest BCUT2D eigenvalue weighted by Gasteiger charge is 2.11. The summed E-state index contributed by atoms with van der Waals surface area (Å²) in [5, 5.41) is 6.10.